The minimum atomic E-state index is -0.0535. The minimum Gasteiger partial charge on any atom is -0.396 e. The fraction of sp³-hybridized carbons (Fsp3) is 0.533. The van der Waals surface area contributed by atoms with E-state index in [4.69, 9.17) is 5.11 Å². The fourth-order valence-electron chi connectivity index (χ4n) is 3.07. The molecular weight excluding hydrogens is 268 g/mol. The maximum Gasteiger partial charge on any atom is 0.274 e. The lowest BCUT2D eigenvalue weighted by Gasteiger charge is -2.40. The van der Waals surface area contributed by atoms with Crippen LogP contribution < -0.4 is 5.32 Å². The standard InChI is InChI=1S/C15H22N4O2/c1-3-18-8-11(2)7-12-15(18)19-10-17(5-4-6-20)9-13(19)14(21)16-12/h7,9,20H,3-6,8,10H2,1-2H3,(H,16,21). The van der Waals surface area contributed by atoms with Crippen LogP contribution in [0.1, 0.15) is 20.3 Å². The van der Waals surface area contributed by atoms with E-state index in [2.05, 4.69) is 39.9 Å². The van der Waals surface area contributed by atoms with Gasteiger partial charge >= 0.3 is 0 Å². The molecule has 6 nitrogen and oxygen atoms in total. The van der Waals surface area contributed by atoms with Gasteiger partial charge in [0.05, 0.1) is 12.4 Å². The molecule has 0 aromatic heterocycles. The Hall–Kier alpha value is -1.95. The normalized spacial score (nSPS) is 21.1. The monoisotopic (exact) mass is 290 g/mol. The lowest BCUT2D eigenvalue weighted by atomic mass is 10.1. The van der Waals surface area contributed by atoms with Crippen molar-refractivity contribution in [2.24, 2.45) is 0 Å². The van der Waals surface area contributed by atoms with Gasteiger partial charge in [-0.2, -0.15) is 0 Å². The van der Waals surface area contributed by atoms with Gasteiger partial charge in [-0.05, 0) is 26.3 Å². The quantitative estimate of drug-likeness (QED) is 0.783. The van der Waals surface area contributed by atoms with Crippen LogP contribution in [0.15, 0.2) is 35.1 Å². The summed E-state index contributed by atoms with van der Waals surface area (Å²) in [6, 6.07) is 0. The number of amides is 1. The Morgan fingerprint density at radius 3 is 2.95 bits per heavy atom. The predicted molar refractivity (Wildman–Crippen MR) is 79.4 cm³/mol. The van der Waals surface area contributed by atoms with Crippen molar-refractivity contribution in [3.63, 3.8) is 0 Å². The van der Waals surface area contributed by atoms with Crippen molar-refractivity contribution >= 4 is 5.91 Å². The van der Waals surface area contributed by atoms with Crippen LogP contribution in [-0.2, 0) is 4.79 Å². The summed E-state index contributed by atoms with van der Waals surface area (Å²) in [6.45, 7) is 7.61. The Kier molecular flexibility index (Phi) is 3.63. The molecule has 6 heteroatoms. The van der Waals surface area contributed by atoms with Crippen LogP contribution in [0.5, 0.6) is 0 Å². The fourth-order valence-corrected chi connectivity index (χ4v) is 3.07. The lowest BCUT2D eigenvalue weighted by Crippen LogP contribution is -2.48. The van der Waals surface area contributed by atoms with Gasteiger partial charge in [-0.3, -0.25) is 4.79 Å². The van der Waals surface area contributed by atoms with Crippen molar-refractivity contribution in [1.29, 1.82) is 0 Å². The molecule has 1 amide bonds. The number of hydrogen-bond acceptors (Lipinski definition) is 5. The third-order valence-electron chi connectivity index (χ3n) is 4.01. The van der Waals surface area contributed by atoms with E-state index in [1.54, 1.807) is 0 Å². The highest BCUT2D eigenvalue weighted by Crippen LogP contribution is 2.32. The van der Waals surface area contributed by atoms with Crippen molar-refractivity contribution in [3.05, 3.63) is 35.1 Å². The number of fused-ring (bicyclic) bond motifs is 2. The molecule has 0 bridgehead atoms. The Balaban J connectivity index is 1.92. The van der Waals surface area contributed by atoms with Crippen molar-refractivity contribution in [2.75, 3.05) is 32.9 Å². The van der Waals surface area contributed by atoms with Crippen molar-refractivity contribution in [3.8, 4) is 0 Å². The molecule has 0 saturated carbocycles. The minimum absolute atomic E-state index is 0.0535. The average molecular weight is 290 g/mol. The summed E-state index contributed by atoms with van der Waals surface area (Å²) in [6.07, 6.45) is 4.67. The number of nitrogens with zero attached hydrogens (tertiary/aromatic N) is 3. The second kappa shape index (κ2) is 5.44. The first-order chi connectivity index (χ1) is 10.1. The zero-order valence-electron chi connectivity index (χ0n) is 12.6. The highest BCUT2D eigenvalue weighted by atomic mass is 16.3. The Labute approximate surface area is 125 Å². The molecule has 2 N–H and O–H groups in total. The van der Waals surface area contributed by atoms with Crippen molar-refractivity contribution in [1.82, 2.24) is 20.0 Å². The number of nitrogens with one attached hydrogen (secondary N) is 1. The van der Waals surface area contributed by atoms with E-state index < -0.39 is 0 Å². The zero-order chi connectivity index (χ0) is 15.0. The van der Waals surface area contributed by atoms with Gasteiger partial charge in [-0.25, -0.2) is 0 Å². The molecule has 0 unspecified atom stereocenters. The molecule has 0 radical (unpaired) electrons. The summed E-state index contributed by atoms with van der Waals surface area (Å²) in [5.41, 5.74) is 2.84. The van der Waals surface area contributed by atoms with Crippen LogP contribution in [0, 0.1) is 0 Å². The molecule has 0 fully saturated rings. The van der Waals surface area contributed by atoms with Gasteiger partial charge in [0.2, 0.25) is 0 Å². The van der Waals surface area contributed by atoms with Crippen LogP contribution in [0.4, 0.5) is 0 Å². The molecule has 3 heterocycles. The summed E-state index contributed by atoms with van der Waals surface area (Å²) in [4.78, 5) is 18.7. The number of rotatable bonds is 4. The summed E-state index contributed by atoms with van der Waals surface area (Å²) in [5.74, 6) is 1.03. The molecular formula is C15H22N4O2. The van der Waals surface area contributed by atoms with Gasteiger partial charge in [0.1, 0.15) is 11.5 Å². The van der Waals surface area contributed by atoms with Gasteiger partial charge < -0.3 is 25.1 Å². The maximum atomic E-state index is 12.3. The SMILES string of the molecule is CCN1CC(C)=CC2=C1N1CN(CCCO)C=C1C(=O)N2. The van der Waals surface area contributed by atoms with Gasteiger partial charge in [-0.1, -0.05) is 5.57 Å². The largest absolute Gasteiger partial charge is 0.396 e. The van der Waals surface area contributed by atoms with Gasteiger partial charge in [0, 0.05) is 32.4 Å². The second-order valence-corrected chi connectivity index (χ2v) is 5.67. The number of carbonyl (C=O) groups is 1. The first-order valence-electron chi connectivity index (χ1n) is 7.46. The van der Waals surface area contributed by atoms with Gasteiger partial charge in [-0.15, -0.1) is 0 Å². The van der Waals surface area contributed by atoms with Crippen LogP contribution in [0.2, 0.25) is 0 Å². The molecule has 0 aromatic carbocycles. The molecule has 0 spiro atoms. The Morgan fingerprint density at radius 2 is 2.24 bits per heavy atom. The topological polar surface area (TPSA) is 59.1 Å². The van der Waals surface area contributed by atoms with E-state index in [0.717, 1.165) is 31.2 Å². The first kappa shape index (κ1) is 14.0. The molecule has 0 saturated heterocycles. The molecule has 3 aliphatic heterocycles. The van der Waals surface area contributed by atoms with E-state index >= 15 is 0 Å². The Bertz CT molecular complexity index is 550. The van der Waals surface area contributed by atoms with Crippen molar-refractivity contribution in [2.45, 2.75) is 20.3 Å². The van der Waals surface area contributed by atoms with Crippen LogP contribution in [0.25, 0.3) is 0 Å². The third-order valence-corrected chi connectivity index (χ3v) is 4.01. The zero-order valence-corrected chi connectivity index (χ0v) is 12.6. The molecule has 21 heavy (non-hydrogen) atoms. The Morgan fingerprint density at radius 1 is 1.43 bits per heavy atom. The maximum absolute atomic E-state index is 12.3. The van der Waals surface area contributed by atoms with E-state index in [9.17, 15) is 4.79 Å². The number of aliphatic hydroxyl groups is 1. The molecule has 114 valence electrons. The van der Waals surface area contributed by atoms with Gasteiger partial charge in [0.25, 0.3) is 5.91 Å². The second-order valence-electron chi connectivity index (χ2n) is 5.67. The molecule has 3 rings (SSSR count). The van der Waals surface area contributed by atoms with E-state index in [1.807, 2.05) is 6.20 Å². The first-order valence-corrected chi connectivity index (χ1v) is 7.46. The number of likely N-dealkylation sites (N-methyl/N-ethyl adjacent to an activating group) is 1. The molecule has 0 atom stereocenters. The van der Waals surface area contributed by atoms with Crippen LogP contribution in [-0.4, -0.2) is 58.6 Å². The van der Waals surface area contributed by atoms with Crippen molar-refractivity contribution < 1.29 is 9.90 Å². The number of aliphatic hydroxyl groups excluding tert-OH is 1. The predicted octanol–water partition coefficient (Wildman–Crippen LogP) is 0.366. The highest BCUT2D eigenvalue weighted by Gasteiger charge is 2.37. The van der Waals surface area contributed by atoms with E-state index in [-0.39, 0.29) is 12.5 Å². The molecule has 3 aliphatic rings. The summed E-state index contributed by atoms with van der Waals surface area (Å²) in [5, 5.41) is 12.0. The number of allylic oxidation sites excluding steroid dienone is 1. The molecule has 0 aromatic rings. The number of hydrogen-bond donors (Lipinski definition) is 2. The van der Waals surface area contributed by atoms with Gasteiger partial charge in [0.15, 0.2) is 0 Å². The molecule has 0 aliphatic carbocycles. The average Bonchev–Trinajstić information content (AvgIpc) is 2.88. The summed E-state index contributed by atoms with van der Waals surface area (Å²) >= 11 is 0. The van der Waals surface area contributed by atoms with E-state index in [0.29, 0.717) is 18.8 Å². The van der Waals surface area contributed by atoms with E-state index in [1.165, 1.54) is 5.57 Å². The van der Waals surface area contributed by atoms with Crippen LogP contribution in [0.3, 0.4) is 0 Å². The number of carbonyl (C=O) groups excluding carboxylic acids is 1. The lowest BCUT2D eigenvalue weighted by molar-refractivity contribution is -0.118. The summed E-state index contributed by atoms with van der Waals surface area (Å²) in [7, 11) is 0. The third kappa shape index (κ3) is 2.40. The highest BCUT2D eigenvalue weighted by molar-refractivity contribution is 5.96. The van der Waals surface area contributed by atoms with Crippen LogP contribution >= 0.6 is 0 Å². The summed E-state index contributed by atoms with van der Waals surface area (Å²) < 4.78 is 0. The smallest absolute Gasteiger partial charge is 0.274 e.